The second-order valence-corrected chi connectivity index (χ2v) is 12.3. The number of nitrogens with two attached hydrogens (primary N) is 1. The first-order chi connectivity index (χ1) is 19.4. The maximum absolute atomic E-state index is 12.7. The summed E-state index contributed by atoms with van der Waals surface area (Å²) in [7, 11) is 0. The highest BCUT2D eigenvalue weighted by atomic mass is 16.8. The molecule has 2 rings (SSSR count). The van der Waals surface area contributed by atoms with Gasteiger partial charge in [0, 0.05) is 0 Å². The average molecular weight is 596 g/mol. The molecule has 0 spiro atoms. The van der Waals surface area contributed by atoms with Gasteiger partial charge in [0.15, 0.2) is 11.5 Å². The summed E-state index contributed by atoms with van der Waals surface area (Å²) in [5.41, 5.74) is 4.93. The Morgan fingerprint density at radius 2 is 1.31 bits per heavy atom. The average Bonchev–Trinajstić information content (AvgIpc) is 2.83. The van der Waals surface area contributed by atoms with Crippen molar-refractivity contribution in [1.29, 1.82) is 0 Å². The smallest absolute Gasteiger partial charge is 0.458 e. The summed E-state index contributed by atoms with van der Waals surface area (Å²) in [6.07, 6.45) is 0.197. The maximum atomic E-state index is 12.7. The number of hydrogen-bond donors (Lipinski definition) is 1. The van der Waals surface area contributed by atoms with Crippen LogP contribution in [0.3, 0.4) is 0 Å². The first kappa shape index (κ1) is 34.7. The zero-order valence-electron chi connectivity index (χ0n) is 25.9. The lowest BCUT2D eigenvalue weighted by molar-refractivity contribution is -0.155. The summed E-state index contributed by atoms with van der Waals surface area (Å²) >= 11 is 0. The van der Waals surface area contributed by atoms with Crippen LogP contribution < -0.4 is 15.2 Å². The molecule has 1 aliphatic rings. The van der Waals surface area contributed by atoms with Crippen LogP contribution in [0.25, 0.3) is 0 Å². The molecule has 2 N–H and O–H groups in total. The van der Waals surface area contributed by atoms with Gasteiger partial charge < -0.3 is 38.9 Å². The summed E-state index contributed by atoms with van der Waals surface area (Å²) in [5, 5.41) is 0. The number of benzene rings is 1. The van der Waals surface area contributed by atoms with E-state index in [2.05, 4.69) is 0 Å². The minimum Gasteiger partial charge on any atom is -0.458 e. The summed E-state index contributed by atoms with van der Waals surface area (Å²) in [6, 6.07) is 3.21. The fourth-order valence-corrected chi connectivity index (χ4v) is 3.86. The highest BCUT2D eigenvalue weighted by Gasteiger charge is 2.28. The third kappa shape index (κ3) is 13.0. The molecule has 1 saturated carbocycles. The summed E-state index contributed by atoms with van der Waals surface area (Å²) in [5.74, 6) is -0.975. The molecule has 42 heavy (non-hydrogen) atoms. The van der Waals surface area contributed by atoms with E-state index in [1.807, 2.05) is 0 Å². The van der Waals surface area contributed by atoms with Crippen LogP contribution in [-0.4, -0.2) is 60.0 Å². The van der Waals surface area contributed by atoms with Crippen molar-refractivity contribution in [3.63, 3.8) is 0 Å². The van der Waals surface area contributed by atoms with E-state index in [1.165, 1.54) is 12.1 Å². The van der Waals surface area contributed by atoms with Gasteiger partial charge in [0.25, 0.3) is 0 Å². The van der Waals surface area contributed by atoms with Crippen molar-refractivity contribution in [2.75, 3.05) is 0 Å². The molecule has 3 atom stereocenters. The van der Waals surface area contributed by atoms with E-state index >= 15 is 0 Å². The van der Waals surface area contributed by atoms with Crippen LogP contribution in [-0.2, 0) is 34.9 Å². The number of carbonyl (C=O) groups excluding carboxylic acids is 4. The van der Waals surface area contributed by atoms with Crippen LogP contribution in [0, 0.1) is 0 Å². The summed E-state index contributed by atoms with van der Waals surface area (Å²) in [6.45, 7) is 13.2. The normalized spacial score (nSPS) is 16.3. The highest BCUT2D eigenvalue weighted by Crippen LogP contribution is 2.31. The molecular weight excluding hydrogens is 550 g/mol. The predicted octanol–water partition coefficient (Wildman–Crippen LogP) is 5.99. The zero-order valence-corrected chi connectivity index (χ0v) is 25.9. The van der Waals surface area contributed by atoms with E-state index in [0.29, 0.717) is 5.56 Å². The van der Waals surface area contributed by atoms with Crippen molar-refractivity contribution >= 4 is 24.4 Å². The van der Waals surface area contributed by atoms with Gasteiger partial charge in [-0.2, -0.15) is 0 Å². The highest BCUT2D eigenvalue weighted by molar-refractivity contribution is 5.76. The van der Waals surface area contributed by atoms with Gasteiger partial charge in [-0.15, -0.1) is 0 Å². The number of ether oxygens (including phenoxy) is 7. The Bertz CT molecular complexity index is 1080. The molecule has 0 aliphatic heterocycles. The Balaban J connectivity index is 2.03. The summed E-state index contributed by atoms with van der Waals surface area (Å²) < 4.78 is 37.0. The molecule has 1 aliphatic carbocycles. The van der Waals surface area contributed by atoms with E-state index in [9.17, 15) is 19.2 Å². The molecule has 1 aromatic carbocycles. The van der Waals surface area contributed by atoms with Gasteiger partial charge in [-0.25, -0.2) is 14.4 Å². The van der Waals surface area contributed by atoms with Gasteiger partial charge >= 0.3 is 24.4 Å². The van der Waals surface area contributed by atoms with Crippen LogP contribution in [0.5, 0.6) is 11.5 Å². The minimum atomic E-state index is -1.11. The van der Waals surface area contributed by atoms with E-state index in [0.717, 1.165) is 32.1 Å². The SMILES string of the molecule is C[C@H](OC(=O)OC1CCCCC1)[C@H](C)OC(=O)[C@@H](N)Cc1ccc(OC(=O)OC(C)(C)C)c(OC(=O)OC(C)(C)C)c1. The van der Waals surface area contributed by atoms with Gasteiger partial charge in [-0.3, -0.25) is 4.79 Å². The van der Waals surface area contributed by atoms with Crippen LogP contribution in [0.4, 0.5) is 14.4 Å². The topological polar surface area (TPSA) is 159 Å². The third-order valence-electron chi connectivity index (χ3n) is 5.99. The van der Waals surface area contributed by atoms with Gasteiger partial charge in [0.1, 0.15) is 35.6 Å². The lowest BCUT2D eigenvalue weighted by Crippen LogP contribution is -2.39. The van der Waals surface area contributed by atoms with E-state index < -0.39 is 53.9 Å². The van der Waals surface area contributed by atoms with E-state index in [-0.39, 0.29) is 24.0 Å². The van der Waals surface area contributed by atoms with Crippen molar-refractivity contribution in [1.82, 2.24) is 0 Å². The van der Waals surface area contributed by atoms with Crippen LogP contribution in [0.15, 0.2) is 18.2 Å². The minimum absolute atomic E-state index is 0.0120. The van der Waals surface area contributed by atoms with Crippen LogP contribution in [0.2, 0.25) is 0 Å². The van der Waals surface area contributed by atoms with Crippen molar-refractivity contribution in [3.05, 3.63) is 23.8 Å². The standard InChI is InChI=1S/C30H45NO11/c1-18(19(2)37-26(33)38-21-12-10-9-11-13-21)36-25(32)22(31)16-20-14-15-23(39-27(34)41-29(3,4)5)24(17-20)40-28(35)42-30(6,7)8/h14-15,17-19,21-22H,9-13,16,31H2,1-8H3/t18-,19-,22-/m0/s1. The monoisotopic (exact) mass is 595 g/mol. The third-order valence-corrected chi connectivity index (χ3v) is 5.99. The maximum Gasteiger partial charge on any atom is 0.514 e. The van der Waals surface area contributed by atoms with E-state index in [1.54, 1.807) is 61.5 Å². The second kappa shape index (κ2) is 15.1. The molecule has 0 heterocycles. The molecular formula is C30H45NO11. The largest absolute Gasteiger partial charge is 0.514 e. The number of carbonyl (C=O) groups is 4. The van der Waals surface area contributed by atoms with Gasteiger partial charge in [-0.05, 0) is 105 Å². The van der Waals surface area contributed by atoms with Crippen molar-refractivity contribution < 1.29 is 52.3 Å². The Hall–Kier alpha value is -3.54. The van der Waals surface area contributed by atoms with E-state index in [4.69, 9.17) is 38.9 Å². The van der Waals surface area contributed by atoms with Crippen molar-refractivity contribution in [2.45, 2.75) is 129 Å². The van der Waals surface area contributed by atoms with Gasteiger partial charge in [-0.1, -0.05) is 12.5 Å². The van der Waals surface area contributed by atoms with Crippen molar-refractivity contribution in [3.8, 4) is 11.5 Å². The zero-order chi connectivity index (χ0) is 31.7. The van der Waals surface area contributed by atoms with Gasteiger partial charge in [0.05, 0.1) is 0 Å². The number of rotatable bonds is 9. The predicted molar refractivity (Wildman–Crippen MR) is 151 cm³/mol. The summed E-state index contributed by atoms with van der Waals surface area (Å²) in [4.78, 5) is 49.4. The fourth-order valence-electron chi connectivity index (χ4n) is 3.86. The van der Waals surface area contributed by atoms with Crippen LogP contribution >= 0.6 is 0 Å². The molecule has 1 aromatic rings. The molecule has 12 heteroatoms. The Morgan fingerprint density at radius 3 is 1.86 bits per heavy atom. The number of hydrogen-bond acceptors (Lipinski definition) is 12. The molecule has 0 saturated heterocycles. The first-order valence-electron chi connectivity index (χ1n) is 14.2. The molecule has 0 amide bonds. The van der Waals surface area contributed by atoms with Crippen molar-refractivity contribution in [2.24, 2.45) is 5.73 Å². The molecule has 0 radical (unpaired) electrons. The lowest BCUT2D eigenvalue weighted by atomic mass is 9.98. The molecule has 12 nitrogen and oxygen atoms in total. The first-order valence-corrected chi connectivity index (χ1v) is 14.2. The molecule has 1 fully saturated rings. The molecule has 0 unspecified atom stereocenters. The molecule has 0 aromatic heterocycles. The fraction of sp³-hybridized carbons (Fsp3) is 0.667. The Morgan fingerprint density at radius 1 is 0.786 bits per heavy atom. The number of esters is 1. The Labute approximate surface area is 247 Å². The van der Waals surface area contributed by atoms with Gasteiger partial charge in [0.2, 0.25) is 0 Å². The second-order valence-electron chi connectivity index (χ2n) is 12.3. The lowest BCUT2D eigenvalue weighted by Gasteiger charge is -2.25. The quantitative estimate of drug-likeness (QED) is 0.202. The Kier molecular flexibility index (Phi) is 12.4. The molecule has 0 bridgehead atoms. The van der Waals surface area contributed by atoms with Crippen LogP contribution in [0.1, 0.15) is 93.1 Å². The molecule has 236 valence electrons.